The van der Waals surface area contributed by atoms with Crippen molar-refractivity contribution in [3.05, 3.63) is 83.7 Å². The maximum atomic E-state index is 13.3. The molecule has 0 aliphatic carbocycles. The van der Waals surface area contributed by atoms with E-state index in [1.807, 2.05) is 31.3 Å². The quantitative estimate of drug-likeness (QED) is 0.467. The number of piperidine rings is 1. The summed E-state index contributed by atoms with van der Waals surface area (Å²) in [6, 6.07) is 21.7. The van der Waals surface area contributed by atoms with Gasteiger partial charge in [0, 0.05) is 51.7 Å². The summed E-state index contributed by atoms with van der Waals surface area (Å²) in [5.74, 6) is 0.480. The second kappa shape index (κ2) is 11.3. The molecular formula is C30H39N5O. The lowest BCUT2D eigenvalue weighted by Gasteiger charge is -2.40. The maximum absolute atomic E-state index is 13.3. The Hall–Kier alpha value is -3.12. The van der Waals surface area contributed by atoms with Crippen LogP contribution in [-0.2, 0) is 20.0 Å². The van der Waals surface area contributed by atoms with Crippen LogP contribution in [0.3, 0.4) is 0 Å². The minimum absolute atomic E-state index is 0.0112. The van der Waals surface area contributed by atoms with Gasteiger partial charge in [0.15, 0.2) is 0 Å². The average molecular weight is 486 g/mol. The zero-order valence-electron chi connectivity index (χ0n) is 21.7. The van der Waals surface area contributed by atoms with Crippen molar-refractivity contribution in [3.8, 4) is 0 Å². The van der Waals surface area contributed by atoms with Crippen LogP contribution in [0.5, 0.6) is 0 Å². The Kier molecular flexibility index (Phi) is 7.71. The SMILES string of the molecule is CN(C(=O)c1ccn(C)n1)[C@@H](Cc1ccccc1)C1CCN(Cc2ccc(N3CCCC3)cc2)CC1. The van der Waals surface area contributed by atoms with Gasteiger partial charge in [-0.05, 0) is 80.4 Å². The fourth-order valence-corrected chi connectivity index (χ4v) is 5.88. The molecule has 2 aliphatic heterocycles. The number of amides is 1. The summed E-state index contributed by atoms with van der Waals surface area (Å²) in [6.07, 6.45) is 7.53. The van der Waals surface area contributed by atoms with Crippen LogP contribution < -0.4 is 4.90 Å². The van der Waals surface area contributed by atoms with Gasteiger partial charge in [-0.1, -0.05) is 42.5 Å². The monoisotopic (exact) mass is 485 g/mol. The molecule has 2 aromatic carbocycles. The summed E-state index contributed by atoms with van der Waals surface area (Å²) < 4.78 is 1.70. The molecule has 5 rings (SSSR count). The Morgan fingerprint density at radius 2 is 1.64 bits per heavy atom. The van der Waals surface area contributed by atoms with E-state index in [0.29, 0.717) is 11.6 Å². The lowest BCUT2D eigenvalue weighted by molar-refractivity contribution is 0.0579. The highest BCUT2D eigenvalue weighted by Gasteiger charge is 2.32. The number of rotatable bonds is 8. The van der Waals surface area contributed by atoms with E-state index in [-0.39, 0.29) is 11.9 Å². The number of nitrogens with zero attached hydrogens (tertiary/aromatic N) is 5. The molecule has 1 atom stereocenters. The first-order valence-corrected chi connectivity index (χ1v) is 13.4. The second-order valence-electron chi connectivity index (χ2n) is 10.5. The number of carbonyl (C=O) groups is 1. The fraction of sp³-hybridized carbons (Fsp3) is 0.467. The number of benzene rings is 2. The van der Waals surface area contributed by atoms with Crippen LogP contribution in [0.1, 0.15) is 47.3 Å². The minimum Gasteiger partial charge on any atom is -0.372 e. The second-order valence-corrected chi connectivity index (χ2v) is 10.5. The summed E-state index contributed by atoms with van der Waals surface area (Å²) in [7, 11) is 3.81. The van der Waals surface area contributed by atoms with E-state index in [1.165, 1.54) is 42.7 Å². The highest BCUT2D eigenvalue weighted by Crippen LogP contribution is 2.28. The third-order valence-corrected chi connectivity index (χ3v) is 8.03. The van der Waals surface area contributed by atoms with Crippen molar-refractivity contribution in [2.24, 2.45) is 13.0 Å². The summed E-state index contributed by atoms with van der Waals surface area (Å²) in [4.78, 5) is 20.3. The van der Waals surface area contributed by atoms with Crippen LogP contribution >= 0.6 is 0 Å². The third kappa shape index (κ3) is 5.81. The normalized spacial score (nSPS) is 17.9. The summed E-state index contributed by atoms with van der Waals surface area (Å²) in [6.45, 7) is 5.51. The van der Waals surface area contributed by atoms with Crippen LogP contribution in [0.2, 0.25) is 0 Å². The number of aromatic nitrogens is 2. The van der Waals surface area contributed by atoms with Gasteiger partial charge in [0.1, 0.15) is 5.69 Å². The number of likely N-dealkylation sites (N-methyl/N-ethyl adjacent to an activating group) is 1. The van der Waals surface area contributed by atoms with Crippen LogP contribution in [0.15, 0.2) is 66.9 Å². The third-order valence-electron chi connectivity index (χ3n) is 8.03. The van der Waals surface area contributed by atoms with Crippen LogP contribution in [0, 0.1) is 5.92 Å². The molecule has 6 heteroatoms. The van der Waals surface area contributed by atoms with Crippen molar-refractivity contribution < 1.29 is 4.79 Å². The molecule has 6 nitrogen and oxygen atoms in total. The number of anilines is 1. The average Bonchev–Trinajstić information content (AvgIpc) is 3.61. The van der Waals surface area contributed by atoms with Gasteiger partial charge in [-0.15, -0.1) is 0 Å². The lowest BCUT2D eigenvalue weighted by atomic mass is 9.84. The Morgan fingerprint density at radius 3 is 2.28 bits per heavy atom. The molecule has 1 aromatic heterocycles. The predicted molar refractivity (Wildman–Crippen MR) is 145 cm³/mol. The lowest BCUT2D eigenvalue weighted by Crippen LogP contribution is -2.47. The van der Waals surface area contributed by atoms with Gasteiger partial charge >= 0.3 is 0 Å². The first-order valence-electron chi connectivity index (χ1n) is 13.4. The van der Waals surface area contributed by atoms with Crippen molar-refractivity contribution in [1.29, 1.82) is 0 Å². The van der Waals surface area contributed by atoms with Gasteiger partial charge in [-0.3, -0.25) is 14.4 Å². The van der Waals surface area contributed by atoms with E-state index < -0.39 is 0 Å². The summed E-state index contributed by atoms with van der Waals surface area (Å²) in [5.41, 5.74) is 4.55. The van der Waals surface area contributed by atoms with Crippen molar-refractivity contribution in [1.82, 2.24) is 19.6 Å². The number of hydrogen-bond acceptors (Lipinski definition) is 4. The Labute approximate surface area is 215 Å². The standard InChI is InChI=1S/C30H39N5O/c1-32-19-16-28(31-32)30(36)33(2)29(22-24-8-4-3-5-9-24)26-14-20-34(21-15-26)23-25-10-12-27(13-11-25)35-17-6-7-18-35/h3-5,8-13,16,19,26,29H,6-7,14-15,17-18,20-23H2,1-2H3/t29-/m0/s1. The van der Waals surface area contributed by atoms with Crippen LogP contribution in [-0.4, -0.2) is 64.8 Å². The van der Waals surface area contributed by atoms with Gasteiger partial charge in [-0.25, -0.2) is 0 Å². The Bertz CT molecular complexity index is 1110. The predicted octanol–water partition coefficient (Wildman–Crippen LogP) is 4.62. The molecule has 3 heterocycles. The number of likely N-dealkylation sites (tertiary alicyclic amines) is 1. The highest BCUT2D eigenvalue weighted by atomic mass is 16.2. The highest BCUT2D eigenvalue weighted by molar-refractivity contribution is 5.92. The zero-order chi connectivity index (χ0) is 24.9. The summed E-state index contributed by atoms with van der Waals surface area (Å²) >= 11 is 0. The molecule has 2 fully saturated rings. The first-order chi connectivity index (χ1) is 17.6. The molecule has 3 aromatic rings. The number of aryl methyl sites for hydroxylation is 1. The topological polar surface area (TPSA) is 44.6 Å². The molecular weight excluding hydrogens is 446 g/mol. The zero-order valence-corrected chi connectivity index (χ0v) is 21.7. The van der Waals surface area contributed by atoms with Crippen LogP contribution in [0.25, 0.3) is 0 Å². The molecule has 190 valence electrons. The molecule has 0 N–H and O–H groups in total. The van der Waals surface area contributed by atoms with Crippen LogP contribution in [0.4, 0.5) is 5.69 Å². The largest absolute Gasteiger partial charge is 0.372 e. The van der Waals surface area contributed by atoms with Gasteiger partial charge < -0.3 is 9.80 Å². The van der Waals surface area contributed by atoms with Gasteiger partial charge in [0.2, 0.25) is 0 Å². The van der Waals surface area contributed by atoms with E-state index in [0.717, 1.165) is 38.9 Å². The van der Waals surface area contributed by atoms with E-state index in [2.05, 4.69) is 69.5 Å². The Balaban J connectivity index is 1.22. The maximum Gasteiger partial charge on any atom is 0.274 e. The van der Waals surface area contributed by atoms with Gasteiger partial charge in [0.25, 0.3) is 5.91 Å². The van der Waals surface area contributed by atoms with Crippen molar-refractivity contribution in [3.63, 3.8) is 0 Å². The molecule has 0 spiro atoms. The fourth-order valence-electron chi connectivity index (χ4n) is 5.88. The van der Waals surface area contributed by atoms with E-state index >= 15 is 0 Å². The molecule has 0 unspecified atom stereocenters. The van der Waals surface area contributed by atoms with E-state index in [9.17, 15) is 4.79 Å². The van der Waals surface area contributed by atoms with Crippen molar-refractivity contribution in [2.75, 3.05) is 38.1 Å². The van der Waals surface area contributed by atoms with E-state index in [4.69, 9.17) is 0 Å². The molecule has 2 saturated heterocycles. The number of carbonyl (C=O) groups excluding carboxylic acids is 1. The van der Waals surface area contributed by atoms with Gasteiger partial charge in [0.05, 0.1) is 0 Å². The van der Waals surface area contributed by atoms with Gasteiger partial charge in [-0.2, -0.15) is 5.10 Å². The first kappa shape index (κ1) is 24.6. The van der Waals surface area contributed by atoms with Crippen molar-refractivity contribution in [2.45, 2.75) is 44.7 Å². The molecule has 0 radical (unpaired) electrons. The van der Waals surface area contributed by atoms with Crippen molar-refractivity contribution >= 4 is 11.6 Å². The molecule has 0 saturated carbocycles. The Morgan fingerprint density at radius 1 is 0.944 bits per heavy atom. The molecule has 2 aliphatic rings. The molecule has 1 amide bonds. The summed E-state index contributed by atoms with van der Waals surface area (Å²) in [5, 5.41) is 4.37. The molecule has 0 bridgehead atoms. The number of hydrogen-bond donors (Lipinski definition) is 0. The molecule has 36 heavy (non-hydrogen) atoms. The minimum atomic E-state index is 0.0112. The van der Waals surface area contributed by atoms with E-state index in [1.54, 1.807) is 4.68 Å². The smallest absolute Gasteiger partial charge is 0.274 e.